The highest BCUT2D eigenvalue weighted by Gasteiger charge is 2.18. The summed E-state index contributed by atoms with van der Waals surface area (Å²) in [6, 6.07) is 14.3. The third-order valence-corrected chi connectivity index (χ3v) is 6.18. The zero-order valence-corrected chi connectivity index (χ0v) is 22.9. The molecule has 0 radical (unpaired) electrons. The fourth-order valence-electron chi connectivity index (χ4n) is 4.38. The first-order chi connectivity index (χ1) is 18.6. The van der Waals surface area contributed by atoms with Gasteiger partial charge in [-0.1, -0.05) is 37.6 Å². The quantitative estimate of drug-likeness (QED) is 0.245. The van der Waals surface area contributed by atoms with Crippen LogP contribution in [0, 0.1) is 0 Å². The van der Waals surface area contributed by atoms with Gasteiger partial charge in [-0.05, 0) is 49.9 Å². The molecule has 0 amide bonds. The second-order valence-electron chi connectivity index (χ2n) is 9.00. The van der Waals surface area contributed by atoms with Gasteiger partial charge >= 0.3 is 0 Å². The number of nitrogens with two attached hydrogens (primary N) is 2. The molecule has 6 N–H and O–H groups in total. The highest BCUT2D eigenvalue weighted by Crippen LogP contribution is 2.34. The van der Waals surface area contributed by atoms with Crippen molar-refractivity contribution in [3.63, 3.8) is 0 Å². The van der Waals surface area contributed by atoms with Gasteiger partial charge in [0.25, 0.3) is 0 Å². The predicted molar refractivity (Wildman–Crippen MR) is 156 cm³/mol. The van der Waals surface area contributed by atoms with Crippen molar-refractivity contribution >= 4 is 33.7 Å². The maximum absolute atomic E-state index is 7.57. The lowest BCUT2D eigenvalue weighted by Crippen LogP contribution is -2.10. The van der Waals surface area contributed by atoms with E-state index in [1.54, 1.807) is 14.0 Å². The summed E-state index contributed by atoms with van der Waals surface area (Å²) in [7, 11) is 1.69. The molecular formula is C29H42N6O3. The monoisotopic (exact) mass is 522 g/mol. The second-order valence-corrected chi connectivity index (χ2v) is 9.00. The van der Waals surface area contributed by atoms with Gasteiger partial charge in [-0.25, -0.2) is 4.98 Å². The first-order valence-corrected chi connectivity index (χ1v) is 13.4. The lowest BCUT2D eigenvalue weighted by Gasteiger charge is -2.15. The number of aliphatic hydroxyl groups is 1. The number of aromatic nitrogens is 3. The molecule has 1 saturated heterocycles. The van der Waals surface area contributed by atoms with E-state index in [0.29, 0.717) is 13.1 Å². The molecule has 9 nitrogen and oxygen atoms in total. The number of fused-ring (bicyclic) bond motifs is 3. The standard InChI is InChI=1S/C23H28N6O.C4H8O.C2H6O/c1-3-4-11-26-22-21-20(27-23(25)28-22)17-7-5-6-8-18(17)29(21)14-16-12-15(13-24)9-10-19(16)30-2;1-2-4-5-3-1;1-2-3/h5-10,12H,3-4,11,13-14,24H2,1-2H3,(H3,25,26,27,28);1-4H2;3H,2H2,1H3. The van der Waals surface area contributed by atoms with Crippen LogP contribution < -0.4 is 21.5 Å². The topological polar surface area (TPSA) is 133 Å². The van der Waals surface area contributed by atoms with E-state index in [9.17, 15) is 0 Å². The summed E-state index contributed by atoms with van der Waals surface area (Å²) in [5, 5.41) is 12.1. The summed E-state index contributed by atoms with van der Waals surface area (Å²) in [6.07, 6.45) is 4.71. The third kappa shape index (κ3) is 7.34. The van der Waals surface area contributed by atoms with Crippen LogP contribution in [-0.2, 0) is 17.8 Å². The van der Waals surface area contributed by atoms with Gasteiger partial charge in [-0.2, -0.15) is 4.98 Å². The number of hydrogen-bond donors (Lipinski definition) is 4. The van der Waals surface area contributed by atoms with Crippen molar-refractivity contribution in [2.24, 2.45) is 5.73 Å². The molecule has 3 heterocycles. The summed E-state index contributed by atoms with van der Waals surface area (Å²) >= 11 is 0. The van der Waals surface area contributed by atoms with Crippen molar-refractivity contribution in [3.05, 3.63) is 53.6 Å². The van der Waals surface area contributed by atoms with Crippen LogP contribution >= 0.6 is 0 Å². The van der Waals surface area contributed by atoms with Crippen LogP contribution in [-0.4, -0.2) is 53.1 Å². The summed E-state index contributed by atoms with van der Waals surface area (Å²) < 4.78 is 12.8. The number of rotatable bonds is 8. The van der Waals surface area contributed by atoms with E-state index in [1.165, 1.54) is 12.8 Å². The van der Waals surface area contributed by atoms with Crippen molar-refractivity contribution in [1.82, 2.24) is 14.5 Å². The number of benzene rings is 2. The average molecular weight is 523 g/mol. The molecule has 38 heavy (non-hydrogen) atoms. The van der Waals surface area contributed by atoms with E-state index in [4.69, 9.17) is 26.0 Å². The van der Waals surface area contributed by atoms with Crippen LogP contribution in [0.1, 0.15) is 50.7 Å². The van der Waals surface area contributed by atoms with Gasteiger partial charge in [0.1, 0.15) is 16.8 Å². The van der Waals surface area contributed by atoms with E-state index in [0.717, 1.165) is 77.2 Å². The molecule has 4 aromatic rings. The summed E-state index contributed by atoms with van der Waals surface area (Å²) in [5.74, 6) is 1.86. The van der Waals surface area contributed by atoms with Gasteiger partial charge in [-0.15, -0.1) is 0 Å². The highest BCUT2D eigenvalue weighted by molar-refractivity contribution is 6.09. The minimum Gasteiger partial charge on any atom is -0.496 e. The number of nitrogen functional groups attached to an aromatic ring is 1. The molecule has 0 spiro atoms. The van der Waals surface area contributed by atoms with Crippen molar-refractivity contribution in [2.75, 3.05) is 44.5 Å². The number of nitrogens with one attached hydrogen (secondary N) is 1. The van der Waals surface area contributed by atoms with Crippen LogP contribution in [0.4, 0.5) is 11.8 Å². The van der Waals surface area contributed by atoms with Gasteiger partial charge in [0.15, 0.2) is 5.82 Å². The van der Waals surface area contributed by atoms with Crippen LogP contribution in [0.15, 0.2) is 42.5 Å². The molecule has 1 aliphatic rings. The lowest BCUT2D eigenvalue weighted by atomic mass is 10.1. The van der Waals surface area contributed by atoms with Crippen LogP contribution in [0.5, 0.6) is 5.75 Å². The summed E-state index contributed by atoms with van der Waals surface area (Å²) in [5.41, 5.74) is 16.9. The Hall–Kier alpha value is -3.40. The normalized spacial score (nSPS) is 12.6. The minimum absolute atomic E-state index is 0.250. The van der Waals surface area contributed by atoms with Gasteiger partial charge in [-0.3, -0.25) is 0 Å². The van der Waals surface area contributed by atoms with Crippen molar-refractivity contribution < 1.29 is 14.6 Å². The average Bonchev–Trinajstić information content (AvgIpc) is 3.61. The predicted octanol–water partition coefficient (Wildman–Crippen LogP) is 4.69. The molecule has 0 aliphatic carbocycles. The molecule has 0 saturated carbocycles. The van der Waals surface area contributed by atoms with E-state index in [2.05, 4.69) is 45.0 Å². The van der Waals surface area contributed by atoms with Crippen molar-refractivity contribution in [2.45, 2.75) is 52.6 Å². The van der Waals surface area contributed by atoms with E-state index < -0.39 is 0 Å². The van der Waals surface area contributed by atoms with Crippen LogP contribution in [0.25, 0.3) is 21.9 Å². The Morgan fingerprint density at radius 3 is 2.47 bits per heavy atom. The summed E-state index contributed by atoms with van der Waals surface area (Å²) in [4.78, 5) is 9.12. The molecule has 206 valence electrons. The molecule has 9 heteroatoms. The Labute approximate surface area is 225 Å². The number of methoxy groups -OCH3 is 1. The second kappa shape index (κ2) is 15.1. The smallest absolute Gasteiger partial charge is 0.222 e. The fourth-order valence-corrected chi connectivity index (χ4v) is 4.38. The number of hydrogen-bond acceptors (Lipinski definition) is 8. The minimum atomic E-state index is 0.250. The Morgan fingerprint density at radius 1 is 1.11 bits per heavy atom. The Kier molecular flexibility index (Phi) is 11.6. The lowest BCUT2D eigenvalue weighted by molar-refractivity contribution is 0.198. The molecule has 0 atom stereocenters. The van der Waals surface area contributed by atoms with Gasteiger partial charge < -0.3 is 35.9 Å². The Morgan fingerprint density at radius 2 is 1.84 bits per heavy atom. The molecule has 1 fully saturated rings. The zero-order chi connectivity index (χ0) is 27.3. The molecular weight excluding hydrogens is 480 g/mol. The first kappa shape index (κ1) is 29.2. The number of ether oxygens (including phenoxy) is 2. The van der Waals surface area contributed by atoms with Crippen LogP contribution in [0.2, 0.25) is 0 Å². The number of anilines is 2. The first-order valence-electron chi connectivity index (χ1n) is 13.4. The maximum atomic E-state index is 7.57. The van der Waals surface area contributed by atoms with E-state index in [1.807, 2.05) is 24.3 Å². The Balaban J connectivity index is 0.000000433. The van der Waals surface area contributed by atoms with E-state index in [-0.39, 0.29) is 12.6 Å². The molecule has 0 bridgehead atoms. The summed E-state index contributed by atoms with van der Waals surface area (Å²) in [6.45, 7) is 8.01. The number of unbranched alkanes of at least 4 members (excludes halogenated alkanes) is 1. The number of nitrogens with zero attached hydrogens (tertiary/aromatic N) is 3. The van der Waals surface area contributed by atoms with Gasteiger partial charge in [0.2, 0.25) is 5.95 Å². The highest BCUT2D eigenvalue weighted by atomic mass is 16.5. The molecule has 5 rings (SSSR count). The zero-order valence-electron chi connectivity index (χ0n) is 22.9. The molecule has 2 aromatic heterocycles. The van der Waals surface area contributed by atoms with Crippen molar-refractivity contribution in [1.29, 1.82) is 0 Å². The van der Waals surface area contributed by atoms with Gasteiger partial charge in [0.05, 0.1) is 19.2 Å². The molecule has 1 aliphatic heterocycles. The fraction of sp³-hybridized carbons (Fsp3) is 0.448. The maximum Gasteiger partial charge on any atom is 0.222 e. The van der Waals surface area contributed by atoms with Crippen molar-refractivity contribution in [3.8, 4) is 5.75 Å². The van der Waals surface area contributed by atoms with Gasteiger partial charge in [0, 0.05) is 43.9 Å². The number of aliphatic hydroxyl groups excluding tert-OH is 1. The SMILES string of the molecule is C1CCOC1.CCCCNc1nc(N)nc2c3ccccc3n(Cc3cc(CN)ccc3OC)c12.CCO. The third-order valence-electron chi connectivity index (χ3n) is 6.18. The largest absolute Gasteiger partial charge is 0.496 e. The van der Waals surface area contributed by atoms with E-state index >= 15 is 0 Å². The molecule has 0 unspecified atom stereocenters. The molecule has 2 aromatic carbocycles. The Bertz CT molecular complexity index is 1280. The number of para-hydroxylation sites is 1. The van der Waals surface area contributed by atoms with Crippen LogP contribution in [0.3, 0.4) is 0 Å².